The fraction of sp³-hybridized carbons (Fsp3) is 0.200. The van der Waals surface area contributed by atoms with Crippen LogP contribution in [0.1, 0.15) is 18.4 Å². The molecule has 1 N–H and O–H groups in total. The van der Waals surface area contributed by atoms with Gasteiger partial charge < -0.3 is 5.32 Å². The molecule has 2 rings (SSSR count). The molecular weight excluding hydrogens is 274 g/mol. The van der Waals surface area contributed by atoms with Gasteiger partial charge in [0.1, 0.15) is 0 Å². The third kappa shape index (κ3) is 3.34. The number of anilines is 1. The van der Waals surface area contributed by atoms with Crippen LogP contribution in [0.4, 0.5) is 5.69 Å². The van der Waals surface area contributed by atoms with Crippen LogP contribution in [0.3, 0.4) is 0 Å². The Hall–Kier alpha value is -1.28. The molecule has 2 heteroatoms. The number of hydrogen-bond donors (Lipinski definition) is 1. The summed E-state index contributed by atoms with van der Waals surface area (Å²) in [7, 11) is 0. The van der Waals surface area contributed by atoms with Gasteiger partial charge in [-0.3, -0.25) is 0 Å². The summed E-state index contributed by atoms with van der Waals surface area (Å²) < 4.78 is 1.18. The highest BCUT2D eigenvalue weighted by Crippen LogP contribution is 2.24. The van der Waals surface area contributed by atoms with E-state index in [1.807, 2.05) is 24.3 Å². The Bertz CT molecular complexity index is 467. The van der Waals surface area contributed by atoms with Crippen molar-refractivity contribution in [1.29, 1.82) is 0 Å². The number of hydrogen-bond acceptors (Lipinski definition) is 1. The largest absolute Gasteiger partial charge is 0.384 e. The molecule has 0 saturated carbocycles. The second kappa shape index (κ2) is 5.87. The minimum Gasteiger partial charge on any atom is -0.384 e. The zero-order valence-corrected chi connectivity index (χ0v) is 11.4. The first-order valence-corrected chi connectivity index (χ1v) is 6.60. The summed E-state index contributed by atoms with van der Waals surface area (Å²) >= 11 is 3.60. The molecule has 1 unspecified atom stereocenters. The van der Waals surface area contributed by atoms with Gasteiger partial charge in [-0.2, -0.15) is 0 Å². The molecule has 0 aromatic heterocycles. The van der Waals surface area contributed by atoms with Crippen molar-refractivity contribution in [2.45, 2.75) is 12.8 Å². The van der Waals surface area contributed by atoms with E-state index in [-0.39, 0.29) is 0 Å². The summed E-state index contributed by atoms with van der Waals surface area (Å²) in [5.74, 6) is 0.478. The minimum absolute atomic E-state index is 0.478. The van der Waals surface area contributed by atoms with Gasteiger partial charge in [0.15, 0.2) is 0 Å². The van der Waals surface area contributed by atoms with Crippen molar-refractivity contribution in [2.24, 2.45) is 0 Å². The molecule has 17 heavy (non-hydrogen) atoms. The molecule has 88 valence electrons. The summed E-state index contributed by atoms with van der Waals surface area (Å²) in [6.45, 7) is 3.17. The van der Waals surface area contributed by atoms with Crippen molar-refractivity contribution < 1.29 is 0 Å². The van der Waals surface area contributed by atoms with Crippen molar-refractivity contribution in [2.75, 3.05) is 11.9 Å². The predicted octanol–water partition coefficient (Wildman–Crippen LogP) is 4.66. The molecule has 0 amide bonds. The summed E-state index contributed by atoms with van der Waals surface area (Å²) in [6, 6.07) is 18.7. The van der Waals surface area contributed by atoms with Crippen molar-refractivity contribution in [3.63, 3.8) is 0 Å². The van der Waals surface area contributed by atoms with Gasteiger partial charge in [-0.25, -0.2) is 0 Å². The van der Waals surface area contributed by atoms with Crippen LogP contribution < -0.4 is 5.32 Å². The molecule has 2 aromatic rings. The van der Waals surface area contributed by atoms with E-state index in [0.29, 0.717) is 5.92 Å². The molecule has 1 nitrogen and oxygen atoms in total. The van der Waals surface area contributed by atoms with Gasteiger partial charge in [0.25, 0.3) is 0 Å². The second-order valence-corrected chi connectivity index (χ2v) is 5.02. The lowest BCUT2D eigenvalue weighted by Gasteiger charge is -2.15. The SMILES string of the molecule is CC(CNc1ccccc1)c1ccccc1Br. The molecule has 0 aliphatic rings. The molecule has 0 spiro atoms. The summed E-state index contributed by atoms with van der Waals surface area (Å²) in [6.07, 6.45) is 0. The highest BCUT2D eigenvalue weighted by Gasteiger charge is 2.08. The minimum atomic E-state index is 0.478. The topological polar surface area (TPSA) is 12.0 Å². The molecule has 0 aliphatic carbocycles. The highest BCUT2D eigenvalue weighted by molar-refractivity contribution is 9.10. The predicted molar refractivity (Wildman–Crippen MR) is 77.5 cm³/mol. The average molecular weight is 290 g/mol. The van der Waals surface area contributed by atoms with Gasteiger partial charge in [-0.1, -0.05) is 59.3 Å². The Kier molecular flexibility index (Phi) is 4.21. The van der Waals surface area contributed by atoms with E-state index in [1.165, 1.54) is 15.7 Å². The number of benzene rings is 2. The van der Waals surface area contributed by atoms with Crippen LogP contribution in [0.25, 0.3) is 0 Å². The molecule has 0 saturated heterocycles. The van der Waals surface area contributed by atoms with Crippen LogP contribution in [0.15, 0.2) is 59.1 Å². The van der Waals surface area contributed by atoms with E-state index < -0.39 is 0 Å². The molecule has 2 aromatic carbocycles. The normalized spacial score (nSPS) is 12.1. The van der Waals surface area contributed by atoms with Crippen molar-refractivity contribution >= 4 is 21.6 Å². The first-order valence-electron chi connectivity index (χ1n) is 5.80. The average Bonchev–Trinajstić information content (AvgIpc) is 2.38. The van der Waals surface area contributed by atoms with Crippen LogP contribution >= 0.6 is 15.9 Å². The van der Waals surface area contributed by atoms with E-state index in [2.05, 4.69) is 58.5 Å². The summed E-state index contributed by atoms with van der Waals surface area (Å²) in [5, 5.41) is 3.45. The molecular formula is C15H16BrN. The van der Waals surface area contributed by atoms with Gasteiger partial charge in [0, 0.05) is 16.7 Å². The monoisotopic (exact) mass is 289 g/mol. The maximum Gasteiger partial charge on any atom is 0.0340 e. The van der Waals surface area contributed by atoms with E-state index in [9.17, 15) is 0 Å². The highest BCUT2D eigenvalue weighted by atomic mass is 79.9. The Morgan fingerprint density at radius 2 is 1.65 bits per heavy atom. The lowest BCUT2D eigenvalue weighted by molar-refractivity contribution is 0.800. The van der Waals surface area contributed by atoms with Crippen molar-refractivity contribution in [3.05, 3.63) is 64.6 Å². The summed E-state index contributed by atoms with van der Waals surface area (Å²) in [5.41, 5.74) is 2.52. The van der Waals surface area contributed by atoms with Crippen molar-refractivity contribution in [3.8, 4) is 0 Å². The van der Waals surface area contributed by atoms with E-state index >= 15 is 0 Å². The lowest BCUT2D eigenvalue weighted by atomic mass is 10.0. The van der Waals surface area contributed by atoms with Crippen LogP contribution in [-0.4, -0.2) is 6.54 Å². The first kappa shape index (κ1) is 12.2. The van der Waals surface area contributed by atoms with E-state index in [4.69, 9.17) is 0 Å². The van der Waals surface area contributed by atoms with Gasteiger partial charge in [0.05, 0.1) is 0 Å². The number of rotatable bonds is 4. The van der Waals surface area contributed by atoms with Gasteiger partial charge in [0.2, 0.25) is 0 Å². The molecule has 0 heterocycles. The maximum absolute atomic E-state index is 3.60. The Morgan fingerprint density at radius 3 is 2.35 bits per heavy atom. The number of halogens is 1. The van der Waals surface area contributed by atoms with Crippen LogP contribution in [0, 0.1) is 0 Å². The Labute approximate surface area is 111 Å². The smallest absolute Gasteiger partial charge is 0.0340 e. The number of para-hydroxylation sites is 1. The van der Waals surface area contributed by atoms with E-state index in [1.54, 1.807) is 0 Å². The van der Waals surface area contributed by atoms with Gasteiger partial charge >= 0.3 is 0 Å². The molecule has 0 aliphatic heterocycles. The van der Waals surface area contributed by atoms with Crippen LogP contribution in [0.2, 0.25) is 0 Å². The fourth-order valence-electron chi connectivity index (χ4n) is 1.81. The third-order valence-corrected chi connectivity index (χ3v) is 3.54. The van der Waals surface area contributed by atoms with Crippen LogP contribution in [-0.2, 0) is 0 Å². The van der Waals surface area contributed by atoms with Gasteiger partial charge in [-0.15, -0.1) is 0 Å². The number of nitrogens with one attached hydrogen (secondary N) is 1. The molecule has 0 radical (unpaired) electrons. The van der Waals surface area contributed by atoms with Crippen molar-refractivity contribution in [1.82, 2.24) is 0 Å². The quantitative estimate of drug-likeness (QED) is 0.863. The maximum atomic E-state index is 3.60. The van der Waals surface area contributed by atoms with Gasteiger partial charge in [-0.05, 0) is 29.7 Å². The lowest BCUT2D eigenvalue weighted by Crippen LogP contribution is -2.10. The second-order valence-electron chi connectivity index (χ2n) is 4.17. The van der Waals surface area contributed by atoms with E-state index in [0.717, 1.165) is 6.54 Å². The molecule has 1 atom stereocenters. The third-order valence-electron chi connectivity index (χ3n) is 2.82. The first-order chi connectivity index (χ1) is 8.27. The Morgan fingerprint density at radius 1 is 1.00 bits per heavy atom. The standard InChI is InChI=1S/C15H16BrN/c1-12(14-9-5-6-10-15(14)16)11-17-13-7-3-2-4-8-13/h2-10,12,17H,11H2,1H3. The molecule has 0 bridgehead atoms. The zero-order valence-electron chi connectivity index (χ0n) is 9.86. The fourth-order valence-corrected chi connectivity index (χ4v) is 2.49. The zero-order chi connectivity index (χ0) is 12.1. The Balaban J connectivity index is 1.99. The van der Waals surface area contributed by atoms with Crippen LogP contribution in [0.5, 0.6) is 0 Å². The summed E-state index contributed by atoms with van der Waals surface area (Å²) in [4.78, 5) is 0. The molecule has 0 fully saturated rings.